The van der Waals surface area contributed by atoms with Gasteiger partial charge in [0.2, 0.25) is 0 Å². The molecule has 0 amide bonds. The van der Waals surface area contributed by atoms with Crippen LogP contribution in [0.2, 0.25) is 0 Å². The molecule has 0 aromatic heterocycles. The average Bonchev–Trinajstić information content (AvgIpc) is 2.23. The number of ether oxygens (including phenoxy) is 1. The predicted octanol–water partition coefficient (Wildman–Crippen LogP) is 4.10. The molecular weight excluding hydrogens is 292 g/mol. The van der Waals surface area contributed by atoms with E-state index in [2.05, 4.69) is 15.9 Å². The maximum atomic E-state index is 13.0. The molecule has 0 spiro atoms. The first-order valence-corrected chi connectivity index (χ1v) is 5.53. The van der Waals surface area contributed by atoms with E-state index in [1.807, 2.05) is 0 Å². The van der Waals surface area contributed by atoms with Crippen molar-refractivity contribution < 1.29 is 13.5 Å². The summed E-state index contributed by atoms with van der Waals surface area (Å²) in [5, 5.41) is 0. The van der Waals surface area contributed by atoms with E-state index in [0.29, 0.717) is 15.9 Å². The second-order valence-electron chi connectivity index (χ2n) is 3.36. The first-order chi connectivity index (χ1) is 8.06. The second kappa shape index (κ2) is 4.71. The Balaban J connectivity index is 2.34. The molecule has 0 aliphatic rings. The smallest absolute Gasteiger partial charge is 0.151 e. The molecule has 5 heteroatoms. The number of nitrogens with two attached hydrogens (primary N) is 1. The van der Waals surface area contributed by atoms with Crippen molar-refractivity contribution in [1.29, 1.82) is 0 Å². The number of nitrogen functional groups attached to an aromatic ring is 1. The van der Waals surface area contributed by atoms with Crippen molar-refractivity contribution in [3.63, 3.8) is 0 Å². The fourth-order valence-corrected chi connectivity index (χ4v) is 1.67. The van der Waals surface area contributed by atoms with Gasteiger partial charge in [0, 0.05) is 22.7 Å². The van der Waals surface area contributed by atoms with Crippen molar-refractivity contribution in [3.05, 3.63) is 52.5 Å². The number of benzene rings is 2. The van der Waals surface area contributed by atoms with Crippen molar-refractivity contribution >= 4 is 21.6 Å². The SMILES string of the molecule is Nc1c(Br)cccc1Oc1cc(F)cc(F)c1. The van der Waals surface area contributed by atoms with Crippen LogP contribution in [-0.2, 0) is 0 Å². The Labute approximate surface area is 105 Å². The van der Waals surface area contributed by atoms with Gasteiger partial charge in [-0.2, -0.15) is 0 Å². The number of halogens is 3. The van der Waals surface area contributed by atoms with Crippen molar-refractivity contribution in [2.45, 2.75) is 0 Å². The summed E-state index contributed by atoms with van der Waals surface area (Å²) in [6.45, 7) is 0. The second-order valence-corrected chi connectivity index (χ2v) is 4.21. The average molecular weight is 300 g/mol. The summed E-state index contributed by atoms with van der Waals surface area (Å²) in [5.41, 5.74) is 6.12. The molecule has 0 bridgehead atoms. The van der Waals surface area contributed by atoms with Crippen LogP contribution in [0.5, 0.6) is 11.5 Å². The summed E-state index contributed by atoms with van der Waals surface area (Å²) >= 11 is 3.24. The van der Waals surface area contributed by atoms with Gasteiger partial charge in [-0.25, -0.2) is 8.78 Å². The van der Waals surface area contributed by atoms with E-state index in [4.69, 9.17) is 10.5 Å². The van der Waals surface area contributed by atoms with Gasteiger partial charge in [0.15, 0.2) is 5.75 Å². The minimum Gasteiger partial charge on any atom is -0.455 e. The highest BCUT2D eigenvalue weighted by Crippen LogP contribution is 2.33. The van der Waals surface area contributed by atoms with E-state index < -0.39 is 11.6 Å². The van der Waals surface area contributed by atoms with E-state index in [9.17, 15) is 8.78 Å². The maximum Gasteiger partial charge on any atom is 0.151 e. The number of rotatable bonds is 2. The van der Waals surface area contributed by atoms with Crippen LogP contribution in [0.15, 0.2) is 40.9 Å². The summed E-state index contributed by atoms with van der Waals surface area (Å²) in [6.07, 6.45) is 0. The molecule has 0 radical (unpaired) electrons. The summed E-state index contributed by atoms with van der Waals surface area (Å²) in [4.78, 5) is 0. The molecule has 17 heavy (non-hydrogen) atoms. The summed E-state index contributed by atoms with van der Waals surface area (Å²) in [6, 6.07) is 8.02. The van der Waals surface area contributed by atoms with Gasteiger partial charge in [0.25, 0.3) is 0 Å². The lowest BCUT2D eigenvalue weighted by Gasteiger charge is -2.09. The van der Waals surface area contributed by atoms with Crippen LogP contribution in [0, 0.1) is 11.6 Å². The Kier molecular flexibility index (Phi) is 3.28. The Hall–Kier alpha value is -1.62. The molecule has 0 saturated heterocycles. The van der Waals surface area contributed by atoms with Gasteiger partial charge in [-0.15, -0.1) is 0 Å². The first kappa shape index (κ1) is 11.9. The van der Waals surface area contributed by atoms with Gasteiger partial charge in [0.05, 0.1) is 5.69 Å². The van der Waals surface area contributed by atoms with Crippen molar-refractivity contribution in [3.8, 4) is 11.5 Å². The molecule has 2 aromatic carbocycles. The molecule has 2 N–H and O–H groups in total. The predicted molar refractivity (Wildman–Crippen MR) is 65.0 cm³/mol. The minimum atomic E-state index is -0.700. The zero-order valence-corrected chi connectivity index (χ0v) is 10.2. The molecular formula is C12H8BrF2NO. The largest absolute Gasteiger partial charge is 0.455 e. The molecule has 0 atom stereocenters. The zero-order chi connectivity index (χ0) is 12.4. The standard InChI is InChI=1S/C12H8BrF2NO/c13-10-2-1-3-11(12(10)16)17-9-5-7(14)4-8(15)6-9/h1-6H,16H2. The molecule has 2 rings (SSSR count). The normalized spacial score (nSPS) is 10.3. The summed E-state index contributed by atoms with van der Waals surface area (Å²) in [7, 11) is 0. The Bertz CT molecular complexity index is 540. The van der Waals surface area contributed by atoms with Crippen LogP contribution in [0.3, 0.4) is 0 Å². The van der Waals surface area contributed by atoms with Crippen LogP contribution < -0.4 is 10.5 Å². The Morgan fingerprint density at radius 2 is 1.71 bits per heavy atom. The third-order valence-electron chi connectivity index (χ3n) is 2.08. The number of para-hydroxylation sites is 1. The highest BCUT2D eigenvalue weighted by Gasteiger charge is 2.07. The molecule has 88 valence electrons. The third-order valence-corrected chi connectivity index (χ3v) is 2.77. The van der Waals surface area contributed by atoms with Crippen LogP contribution >= 0.6 is 15.9 Å². The van der Waals surface area contributed by atoms with E-state index in [0.717, 1.165) is 18.2 Å². The molecule has 0 aliphatic carbocycles. The Morgan fingerprint density at radius 1 is 1.06 bits per heavy atom. The van der Waals surface area contributed by atoms with Crippen LogP contribution in [0.25, 0.3) is 0 Å². The van der Waals surface area contributed by atoms with Gasteiger partial charge in [-0.1, -0.05) is 6.07 Å². The zero-order valence-electron chi connectivity index (χ0n) is 8.58. The summed E-state index contributed by atoms with van der Waals surface area (Å²) < 4.78 is 31.9. The fourth-order valence-electron chi connectivity index (χ4n) is 1.32. The molecule has 2 aromatic rings. The molecule has 0 saturated carbocycles. The number of anilines is 1. The van der Waals surface area contributed by atoms with Gasteiger partial charge in [-0.05, 0) is 28.1 Å². The van der Waals surface area contributed by atoms with Crippen LogP contribution in [0.1, 0.15) is 0 Å². The highest BCUT2D eigenvalue weighted by atomic mass is 79.9. The van der Waals surface area contributed by atoms with E-state index in [1.165, 1.54) is 0 Å². The maximum absolute atomic E-state index is 13.0. The fraction of sp³-hybridized carbons (Fsp3) is 0. The molecule has 2 nitrogen and oxygen atoms in total. The van der Waals surface area contributed by atoms with E-state index in [1.54, 1.807) is 18.2 Å². The first-order valence-electron chi connectivity index (χ1n) is 4.74. The van der Waals surface area contributed by atoms with Crippen molar-refractivity contribution in [2.24, 2.45) is 0 Å². The van der Waals surface area contributed by atoms with Crippen molar-refractivity contribution in [2.75, 3.05) is 5.73 Å². The van der Waals surface area contributed by atoms with Gasteiger partial charge in [0.1, 0.15) is 17.4 Å². The van der Waals surface area contributed by atoms with Gasteiger partial charge in [-0.3, -0.25) is 0 Å². The molecule has 0 aliphatic heterocycles. The molecule has 0 heterocycles. The lowest BCUT2D eigenvalue weighted by Crippen LogP contribution is -1.94. The lowest BCUT2D eigenvalue weighted by atomic mass is 10.3. The highest BCUT2D eigenvalue weighted by molar-refractivity contribution is 9.10. The molecule has 0 unspecified atom stereocenters. The number of hydrogen-bond acceptors (Lipinski definition) is 2. The third kappa shape index (κ3) is 2.74. The topological polar surface area (TPSA) is 35.2 Å². The lowest BCUT2D eigenvalue weighted by molar-refractivity contribution is 0.470. The van der Waals surface area contributed by atoms with E-state index >= 15 is 0 Å². The van der Waals surface area contributed by atoms with Crippen molar-refractivity contribution in [1.82, 2.24) is 0 Å². The van der Waals surface area contributed by atoms with Gasteiger partial charge >= 0.3 is 0 Å². The quantitative estimate of drug-likeness (QED) is 0.847. The Morgan fingerprint density at radius 3 is 2.35 bits per heavy atom. The van der Waals surface area contributed by atoms with Gasteiger partial charge < -0.3 is 10.5 Å². The van der Waals surface area contributed by atoms with Crippen LogP contribution in [-0.4, -0.2) is 0 Å². The minimum absolute atomic E-state index is 0.0623. The van der Waals surface area contributed by atoms with E-state index in [-0.39, 0.29) is 5.75 Å². The monoisotopic (exact) mass is 299 g/mol. The number of hydrogen-bond donors (Lipinski definition) is 1. The summed E-state index contributed by atoms with van der Waals surface area (Å²) in [5.74, 6) is -1.00. The molecule has 0 fully saturated rings. The van der Waals surface area contributed by atoms with Crippen LogP contribution in [0.4, 0.5) is 14.5 Å².